The van der Waals surface area contributed by atoms with Gasteiger partial charge in [0.05, 0.1) is 28.2 Å². The van der Waals surface area contributed by atoms with Gasteiger partial charge in [-0.3, -0.25) is 19.3 Å². The predicted molar refractivity (Wildman–Crippen MR) is 278 cm³/mol. The summed E-state index contributed by atoms with van der Waals surface area (Å²) < 4.78 is 0. The number of aromatic nitrogens is 1. The summed E-state index contributed by atoms with van der Waals surface area (Å²) in [5, 5.41) is 23.9. The Morgan fingerprint density at radius 1 is 0.838 bits per heavy atom. The number of unbranched alkanes of at least 4 members (excludes halogenated alkanes) is 4. The van der Waals surface area contributed by atoms with E-state index in [1.54, 1.807) is 11.3 Å². The van der Waals surface area contributed by atoms with Gasteiger partial charge in [0, 0.05) is 84.1 Å². The van der Waals surface area contributed by atoms with Crippen molar-refractivity contribution in [1.82, 2.24) is 36.1 Å². The number of anilines is 2. The zero-order valence-corrected chi connectivity index (χ0v) is 42.7. The number of carbonyl (C=O) groups is 3. The molecule has 3 heterocycles. The molecular formula is C54H79N9O4S. The summed E-state index contributed by atoms with van der Waals surface area (Å²) in [6.45, 7) is 18.7. The number of hydrogen-bond acceptors (Lipinski definition) is 11. The molecule has 3 amide bonds. The summed E-state index contributed by atoms with van der Waals surface area (Å²) in [4.78, 5) is 55.2. The number of benzene rings is 3. The van der Waals surface area contributed by atoms with E-state index in [9.17, 15) is 19.5 Å². The minimum Gasteiger partial charge on any atom is -0.391 e. The van der Waals surface area contributed by atoms with Gasteiger partial charge in [-0.15, -0.1) is 11.3 Å². The first-order valence-corrected chi connectivity index (χ1v) is 25.9. The van der Waals surface area contributed by atoms with E-state index >= 15 is 0 Å². The molecule has 6 rings (SSSR count). The quantitative estimate of drug-likeness (QED) is 0.0455. The molecule has 13 nitrogen and oxygen atoms in total. The lowest BCUT2D eigenvalue weighted by Crippen LogP contribution is -2.57. The molecule has 0 spiro atoms. The van der Waals surface area contributed by atoms with Crippen LogP contribution in [-0.4, -0.2) is 122 Å². The Bertz CT molecular complexity index is 2180. The van der Waals surface area contributed by atoms with Crippen LogP contribution < -0.4 is 31.1 Å². The average Bonchev–Trinajstić information content (AvgIpc) is 3.95. The second kappa shape index (κ2) is 25.7. The number of carbonyl (C=O) groups excluding carboxylic acids is 3. The van der Waals surface area contributed by atoms with Crippen LogP contribution in [0.2, 0.25) is 0 Å². The summed E-state index contributed by atoms with van der Waals surface area (Å²) in [7, 11) is 4.18. The fourth-order valence-electron chi connectivity index (χ4n) is 9.34. The maximum Gasteiger partial charge on any atom is 0.246 e. The molecule has 0 aliphatic carbocycles. The molecule has 3 unspecified atom stereocenters. The Morgan fingerprint density at radius 2 is 1.51 bits per heavy atom. The number of aliphatic hydroxyl groups excluding tert-OH is 1. The van der Waals surface area contributed by atoms with Gasteiger partial charge in [-0.1, -0.05) is 94.6 Å². The van der Waals surface area contributed by atoms with Crippen molar-refractivity contribution >= 4 is 40.4 Å². The number of aliphatic hydroxyl groups is 1. The number of aryl methyl sites for hydroxylation is 1. The fraction of sp³-hybridized carbons (Fsp3) is 0.556. The number of nitrogens with one attached hydrogen (secondary N) is 4. The summed E-state index contributed by atoms with van der Waals surface area (Å²) in [6.07, 6.45) is 5.80. The average molecular weight is 950 g/mol. The highest BCUT2D eigenvalue weighted by Crippen LogP contribution is 2.30. The van der Waals surface area contributed by atoms with Crippen molar-refractivity contribution < 1.29 is 19.5 Å². The molecule has 2 aliphatic heterocycles. The molecule has 0 saturated carbocycles. The van der Waals surface area contributed by atoms with Gasteiger partial charge in [-0.2, -0.15) is 0 Å². The summed E-state index contributed by atoms with van der Waals surface area (Å²) in [5.74, 6) is -0.813. The monoisotopic (exact) mass is 950 g/mol. The molecular weight excluding hydrogens is 871 g/mol. The number of rotatable bonds is 24. The largest absolute Gasteiger partial charge is 0.391 e. The molecule has 4 atom stereocenters. The van der Waals surface area contributed by atoms with E-state index in [4.69, 9.17) is 0 Å². The zero-order valence-electron chi connectivity index (χ0n) is 41.9. The lowest BCUT2D eigenvalue weighted by atomic mass is 9.85. The van der Waals surface area contributed by atoms with Gasteiger partial charge in [-0.25, -0.2) is 4.98 Å². The van der Waals surface area contributed by atoms with Crippen LogP contribution in [0.4, 0.5) is 11.4 Å². The van der Waals surface area contributed by atoms with Crippen LogP contribution >= 0.6 is 11.3 Å². The molecule has 2 aliphatic rings. The van der Waals surface area contributed by atoms with Gasteiger partial charge in [0.2, 0.25) is 17.7 Å². The third-order valence-corrected chi connectivity index (χ3v) is 14.4. The predicted octanol–water partition coefficient (Wildman–Crippen LogP) is 7.29. The van der Waals surface area contributed by atoms with Crippen LogP contribution in [0.15, 0.2) is 78.3 Å². The topological polar surface area (TPSA) is 145 Å². The van der Waals surface area contributed by atoms with Crippen LogP contribution in [0, 0.1) is 12.3 Å². The van der Waals surface area contributed by atoms with Crippen LogP contribution in [0.3, 0.4) is 0 Å². The number of likely N-dealkylation sites (tertiary alicyclic amines) is 1. The molecule has 1 aromatic heterocycles. The van der Waals surface area contributed by atoms with Crippen molar-refractivity contribution in [3.63, 3.8) is 0 Å². The van der Waals surface area contributed by atoms with E-state index in [1.165, 1.54) is 27.4 Å². The minimum atomic E-state index is -0.831. The standard InChI is InChI=1S/C54H79N9O4S/c1-39(42-21-23-43(24-22-42)50-40(2)57-38-68-50)58-52(66)48-34-46(64)37-63(48)53(67)51(54(3,4)5)59-49(65)18-11-9-8-10-14-29-61-30-32-62(33-31-61)45-25-19-41(20-26-45)35-55-27-15-28-56-36-44-16-12-13-17-47(44)60(6)7/h12-13,16-17,19-26,38-39,46,48,51,55-56,64H,8-11,14-15,18,27-37H2,1-7H3,(H,58,66)(H,59,65)/t39?,46?,48?,51-/m1/s1. The van der Waals surface area contributed by atoms with Crippen molar-refractivity contribution in [2.45, 2.75) is 123 Å². The van der Waals surface area contributed by atoms with Gasteiger partial charge in [0.1, 0.15) is 12.1 Å². The first kappa shape index (κ1) is 52.5. The molecule has 3 aromatic carbocycles. The highest BCUT2D eigenvalue weighted by Gasteiger charge is 2.44. The van der Waals surface area contributed by atoms with E-state index < -0.39 is 23.6 Å². The maximum absolute atomic E-state index is 14.1. The van der Waals surface area contributed by atoms with Gasteiger partial charge in [0.15, 0.2) is 0 Å². The number of para-hydroxylation sites is 1. The first-order valence-electron chi connectivity index (χ1n) is 25.0. The van der Waals surface area contributed by atoms with Crippen molar-refractivity contribution in [2.24, 2.45) is 5.41 Å². The van der Waals surface area contributed by atoms with Crippen LogP contribution in [0.1, 0.15) is 107 Å². The summed E-state index contributed by atoms with van der Waals surface area (Å²) >= 11 is 1.60. The molecule has 0 radical (unpaired) electrons. The Balaban J connectivity index is 0.824. The molecule has 2 fully saturated rings. The van der Waals surface area contributed by atoms with Gasteiger partial charge in [-0.05, 0) is 98.6 Å². The molecule has 2 saturated heterocycles. The summed E-state index contributed by atoms with van der Waals surface area (Å²) in [5.41, 5.74) is 9.43. The third-order valence-electron chi connectivity index (χ3n) is 13.4. The van der Waals surface area contributed by atoms with Crippen molar-refractivity contribution in [3.8, 4) is 10.4 Å². The van der Waals surface area contributed by atoms with Crippen molar-refractivity contribution in [2.75, 3.05) is 76.3 Å². The van der Waals surface area contributed by atoms with E-state index in [-0.39, 0.29) is 36.7 Å². The van der Waals surface area contributed by atoms with E-state index in [0.717, 1.165) is 119 Å². The maximum atomic E-state index is 14.1. The first-order chi connectivity index (χ1) is 32.7. The van der Waals surface area contributed by atoms with Gasteiger partial charge in [0.25, 0.3) is 0 Å². The number of amides is 3. The Labute approximate surface area is 410 Å². The lowest BCUT2D eigenvalue weighted by Gasteiger charge is -2.36. The number of nitrogens with zero attached hydrogens (tertiary/aromatic N) is 5. The highest BCUT2D eigenvalue weighted by atomic mass is 32.1. The van der Waals surface area contributed by atoms with Crippen molar-refractivity contribution in [3.05, 3.63) is 101 Å². The molecule has 5 N–H and O–H groups in total. The smallest absolute Gasteiger partial charge is 0.246 e. The van der Waals surface area contributed by atoms with Crippen molar-refractivity contribution in [1.29, 1.82) is 0 Å². The third kappa shape index (κ3) is 15.3. The number of hydrogen-bond donors (Lipinski definition) is 5. The fourth-order valence-corrected chi connectivity index (χ4v) is 10.2. The Morgan fingerprint density at radius 3 is 2.19 bits per heavy atom. The Kier molecular flexibility index (Phi) is 19.8. The number of β-amino-alcohol motifs (C(OH)–C–C–N with tert-alkyl or cyclic N) is 1. The van der Waals surface area contributed by atoms with Gasteiger partial charge >= 0.3 is 0 Å². The Hall–Kier alpha value is -4.86. The van der Waals surface area contributed by atoms with E-state index in [1.807, 2.05) is 64.4 Å². The molecule has 0 bridgehead atoms. The zero-order chi connectivity index (χ0) is 48.6. The van der Waals surface area contributed by atoms with Gasteiger partial charge < -0.3 is 41.1 Å². The SMILES string of the molecule is Cc1ncsc1-c1ccc(C(C)NC(=O)C2CC(O)CN2C(=O)[C@@H](NC(=O)CCCCCCCN2CCN(c3ccc(CNCCCNCc4ccccc4N(C)C)cc3)CC2)C(C)(C)C)cc1. The second-order valence-corrected chi connectivity index (χ2v) is 21.0. The molecule has 370 valence electrons. The normalized spacial score (nSPS) is 17.5. The highest BCUT2D eigenvalue weighted by molar-refractivity contribution is 7.13. The van der Waals surface area contributed by atoms with E-state index in [2.05, 4.69) is 104 Å². The molecule has 68 heavy (non-hydrogen) atoms. The second-order valence-electron chi connectivity index (χ2n) is 20.1. The minimum absolute atomic E-state index is 0.0484. The van der Waals surface area contributed by atoms with Crippen LogP contribution in [0.5, 0.6) is 0 Å². The number of piperazine rings is 1. The molecule has 4 aromatic rings. The molecule has 14 heteroatoms. The summed E-state index contributed by atoms with van der Waals surface area (Å²) in [6, 6.07) is 23.7. The van der Waals surface area contributed by atoms with E-state index in [0.29, 0.717) is 6.42 Å². The van der Waals surface area contributed by atoms with Crippen LogP contribution in [0.25, 0.3) is 10.4 Å². The van der Waals surface area contributed by atoms with Crippen LogP contribution in [-0.2, 0) is 27.5 Å². The lowest BCUT2D eigenvalue weighted by molar-refractivity contribution is -0.144. The number of thiazole rings is 1.